The summed E-state index contributed by atoms with van der Waals surface area (Å²) in [5.74, 6) is 0.742. The average Bonchev–Trinajstić information content (AvgIpc) is 3.19. The topological polar surface area (TPSA) is 85.3 Å². The van der Waals surface area contributed by atoms with Crippen LogP contribution >= 0.6 is 35.0 Å². The lowest BCUT2D eigenvalue weighted by Gasteiger charge is -2.25. The number of ether oxygens (including phenoxy) is 2. The second-order valence-electron chi connectivity index (χ2n) is 7.42. The van der Waals surface area contributed by atoms with E-state index in [1.165, 1.54) is 18.9 Å². The van der Waals surface area contributed by atoms with E-state index in [2.05, 4.69) is 4.99 Å². The van der Waals surface area contributed by atoms with Gasteiger partial charge >= 0.3 is 0 Å². The maximum atomic E-state index is 12.8. The molecule has 32 heavy (non-hydrogen) atoms. The minimum absolute atomic E-state index is 0.0213. The van der Waals surface area contributed by atoms with Crippen molar-refractivity contribution in [2.45, 2.75) is 17.7 Å². The summed E-state index contributed by atoms with van der Waals surface area (Å²) in [4.78, 5) is 18.9. The molecule has 2 atom stereocenters. The quantitative estimate of drug-likeness (QED) is 0.598. The number of amidine groups is 1. The number of benzene rings is 2. The molecule has 0 aliphatic carbocycles. The van der Waals surface area contributed by atoms with E-state index in [1.54, 1.807) is 48.4 Å². The number of carbonyl (C=O) groups excluding carboxylic acids is 1. The highest BCUT2D eigenvalue weighted by atomic mass is 35.5. The number of hydrogen-bond donors (Lipinski definition) is 0. The van der Waals surface area contributed by atoms with E-state index in [0.29, 0.717) is 32.4 Å². The summed E-state index contributed by atoms with van der Waals surface area (Å²) in [6.07, 6.45) is 0.0558. The molecule has 2 aliphatic rings. The highest BCUT2D eigenvalue weighted by Gasteiger charge is 2.49. The van der Waals surface area contributed by atoms with Gasteiger partial charge in [0.2, 0.25) is 0 Å². The van der Waals surface area contributed by atoms with Gasteiger partial charge in [-0.1, -0.05) is 41.0 Å². The van der Waals surface area contributed by atoms with Crippen molar-refractivity contribution in [1.82, 2.24) is 0 Å². The molecule has 0 spiro atoms. The summed E-state index contributed by atoms with van der Waals surface area (Å²) in [7, 11) is -0.111. The zero-order chi connectivity index (χ0) is 23.0. The summed E-state index contributed by atoms with van der Waals surface area (Å²) in [6, 6.07) is 9.86. The van der Waals surface area contributed by atoms with Gasteiger partial charge in [0.15, 0.2) is 26.5 Å². The van der Waals surface area contributed by atoms with Crippen LogP contribution < -0.4 is 14.4 Å². The van der Waals surface area contributed by atoms with Gasteiger partial charge in [-0.05, 0) is 35.9 Å². The van der Waals surface area contributed by atoms with Crippen molar-refractivity contribution in [2.24, 2.45) is 4.99 Å². The van der Waals surface area contributed by atoms with E-state index in [0.717, 1.165) is 5.56 Å². The van der Waals surface area contributed by atoms with Crippen LogP contribution in [0.5, 0.6) is 11.5 Å². The molecule has 170 valence electrons. The number of carbonyl (C=O) groups is 1. The van der Waals surface area contributed by atoms with Crippen LogP contribution in [0.15, 0.2) is 41.4 Å². The Labute approximate surface area is 200 Å². The summed E-state index contributed by atoms with van der Waals surface area (Å²) in [5.41, 5.74) is 1.30. The van der Waals surface area contributed by atoms with Gasteiger partial charge < -0.3 is 14.4 Å². The molecule has 2 fully saturated rings. The molecule has 2 aliphatic heterocycles. The number of hydrogen-bond acceptors (Lipinski definition) is 6. The Morgan fingerprint density at radius 2 is 1.88 bits per heavy atom. The van der Waals surface area contributed by atoms with E-state index in [4.69, 9.17) is 32.7 Å². The summed E-state index contributed by atoms with van der Waals surface area (Å²) >= 11 is 13.7. The van der Waals surface area contributed by atoms with Crippen molar-refractivity contribution in [1.29, 1.82) is 0 Å². The first-order valence-corrected chi connectivity index (χ1v) is 13.1. The molecule has 0 radical (unpaired) electrons. The molecule has 2 heterocycles. The minimum atomic E-state index is -3.18. The van der Waals surface area contributed by atoms with Crippen molar-refractivity contribution in [3.63, 3.8) is 0 Å². The smallest absolute Gasteiger partial charge is 0.252 e. The number of nitrogens with zero attached hydrogens (tertiary/aromatic N) is 2. The first kappa shape index (κ1) is 23.2. The van der Waals surface area contributed by atoms with Crippen LogP contribution in [0.1, 0.15) is 5.56 Å². The molecule has 0 unspecified atom stereocenters. The van der Waals surface area contributed by atoms with Gasteiger partial charge in [-0.15, -0.1) is 0 Å². The van der Waals surface area contributed by atoms with Crippen molar-refractivity contribution in [3.8, 4) is 11.5 Å². The molecule has 7 nitrogen and oxygen atoms in total. The fraction of sp³-hybridized carbons (Fsp3) is 0.333. The molecular formula is C21H20Cl2N2O5S2. The number of aliphatic imine (C=N–C) groups is 1. The van der Waals surface area contributed by atoms with Gasteiger partial charge in [-0.3, -0.25) is 4.79 Å². The number of sulfone groups is 1. The standard InChI is InChI=1S/C21H20Cl2N2O5S2/c1-29-17-6-3-12(7-18(17)30-2)8-20(26)24-21-25(15-5-4-13(22)9-14(15)23)16-10-32(27,28)11-19(16)31-21/h3-7,9,16,19H,8,10-11H2,1-2H3/t16-,19+/m0/s1. The second kappa shape index (κ2) is 9.13. The number of thioether (sulfide) groups is 1. The SMILES string of the molecule is COc1ccc(CC(=O)N=C2S[C@@H]3CS(=O)(=O)C[C@@H]3N2c2ccc(Cl)cc2Cl)cc1OC. The van der Waals surface area contributed by atoms with E-state index in [9.17, 15) is 13.2 Å². The van der Waals surface area contributed by atoms with Crippen LogP contribution in [0.2, 0.25) is 10.0 Å². The molecule has 2 saturated heterocycles. The van der Waals surface area contributed by atoms with Crippen LogP contribution in [0.25, 0.3) is 0 Å². The Morgan fingerprint density at radius 1 is 1.12 bits per heavy atom. The normalized spacial score (nSPS) is 22.8. The molecular weight excluding hydrogens is 495 g/mol. The van der Waals surface area contributed by atoms with Gasteiger partial charge in [0.25, 0.3) is 5.91 Å². The second-order valence-corrected chi connectivity index (χ2v) is 11.6. The summed E-state index contributed by atoms with van der Waals surface area (Å²) < 4.78 is 35.0. The molecule has 0 saturated carbocycles. The Morgan fingerprint density at radius 3 is 2.56 bits per heavy atom. The van der Waals surface area contributed by atoms with Gasteiger partial charge in [-0.2, -0.15) is 4.99 Å². The maximum Gasteiger partial charge on any atom is 0.252 e. The summed E-state index contributed by atoms with van der Waals surface area (Å²) in [5, 5.41) is 1.04. The highest BCUT2D eigenvalue weighted by molar-refractivity contribution is 8.16. The van der Waals surface area contributed by atoms with Crippen molar-refractivity contribution in [3.05, 3.63) is 52.0 Å². The lowest BCUT2D eigenvalue weighted by atomic mass is 10.1. The number of rotatable bonds is 5. The van der Waals surface area contributed by atoms with Crippen molar-refractivity contribution >= 4 is 61.6 Å². The zero-order valence-electron chi connectivity index (χ0n) is 17.2. The molecule has 2 aromatic carbocycles. The van der Waals surface area contributed by atoms with E-state index in [-0.39, 0.29) is 35.1 Å². The fourth-order valence-electron chi connectivity index (χ4n) is 3.83. The average molecular weight is 515 g/mol. The van der Waals surface area contributed by atoms with Gasteiger partial charge in [-0.25, -0.2) is 8.42 Å². The van der Waals surface area contributed by atoms with Crippen LogP contribution in [0.3, 0.4) is 0 Å². The predicted molar refractivity (Wildman–Crippen MR) is 128 cm³/mol. The first-order valence-electron chi connectivity index (χ1n) is 9.64. The molecule has 2 aromatic rings. The minimum Gasteiger partial charge on any atom is -0.493 e. The Kier molecular flexibility index (Phi) is 6.63. The monoisotopic (exact) mass is 514 g/mol. The van der Waals surface area contributed by atoms with Crippen LogP contribution in [-0.2, 0) is 21.1 Å². The molecule has 0 N–H and O–H groups in total. The Hall–Kier alpha value is -1.94. The molecule has 11 heteroatoms. The van der Waals surface area contributed by atoms with Crippen molar-refractivity contribution in [2.75, 3.05) is 30.6 Å². The van der Waals surface area contributed by atoms with Crippen molar-refractivity contribution < 1.29 is 22.7 Å². The summed E-state index contributed by atoms with van der Waals surface area (Å²) in [6.45, 7) is 0. The Bertz CT molecular complexity index is 1200. The molecule has 0 bridgehead atoms. The van der Waals surface area contributed by atoms with Crippen LogP contribution in [0, 0.1) is 0 Å². The highest BCUT2D eigenvalue weighted by Crippen LogP contribution is 2.43. The largest absolute Gasteiger partial charge is 0.493 e. The maximum absolute atomic E-state index is 12.8. The third-order valence-corrected chi connectivity index (χ3v) is 9.01. The molecule has 1 amide bonds. The van der Waals surface area contributed by atoms with Crippen LogP contribution in [-0.4, -0.2) is 56.5 Å². The van der Waals surface area contributed by atoms with E-state index >= 15 is 0 Å². The lowest BCUT2D eigenvalue weighted by molar-refractivity contribution is -0.117. The van der Waals surface area contributed by atoms with Gasteiger partial charge in [0, 0.05) is 10.3 Å². The number of fused-ring (bicyclic) bond motifs is 1. The molecule has 4 rings (SSSR count). The van der Waals surface area contributed by atoms with E-state index in [1.807, 2.05) is 0 Å². The lowest BCUT2D eigenvalue weighted by Crippen LogP contribution is -2.38. The Balaban J connectivity index is 1.64. The van der Waals surface area contributed by atoms with Crippen LogP contribution in [0.4, 0.5) is 5.69 Å². The van der Waals surface area contributed by atoms with Gasteiger partial charge in [0.05, 0.1) is 48.9 Å². The fourth-order valence-corrected chi connectivity index (χ4v) is 8.26. The first-order chi connectivity index (χ1) is 15.2. The van der Waals surface area contributed by atoms with E-state index < -0.39 is 9.84 Å². The number of methoxy groups -OCH3 is 2. The number of amides is 1. The predicted octanol–water partition coefficient (Wildman–Crippen LogP) is 3.85. The third kappa shape index (κ3) is 4.71. The molecule has 0 aromatic heterocycles. The number of halogens is 2. The van der Waals surface area contributed by atoms with Gasteiger partial charge in [0.1, 0.15) is 0 Å². The zero-order valence-corrected chi connectivity index (χ0v) is 20.4. The third-order valence-electron chi connectivity index (χ3n) is 5.26. The number of anilines is 1.